The second kappa shape index (κ2) is 6.13. The fourth-order valence-corrected chi connectivity index (χ4v) is 3.07. The zero-order valence-electron chi connectivity index (χ0n) is 12.8. The van der Waals surface area contributed by atoms with Crippen molar-refractivity contribution in [3.63, 3.8) is 0 Å². The van der Waals surface area contributed by atoms with Crippen molar-refractivity contribution in [2.75, 3.05) is 0 Å². The Kier molecular flexibility index (Phi) is 4.21. The fraction of sp³-hybridized carbons (Fsp3) is 0.412. The third-order valence-electron chi connectivity index (χ3n) is 4.17. The van der Waals surface area contributed by atoms with Crippen molar-refractivity contribution in [2.45, 2.75) is 45.8 Å². The van der Waals surface area contributed by atoms with E-state index in [1.165, 1.54) is 11.1 Å². The van der Waals surface area contributed by atoms with E-state index in [1.807, 2.05) is 19.9 Å². The summed E-state index contributed by atoms with van der Waals surface area (Å²) in [4.78, 5) is 12.1. The molecule has 4 nitrogen and oxygen atoms in total. The van der Waals surface area contributed by atoms with Gasteiger partial charge in [-0.1, -0.05) is 35.9 Å². The molecule has 0 saturated heterocycles. The van der Waals surface area contributed by atoms with Crippen LogP contribution in [-0.2, 0) is 28.9 Å². The molecule has 1 aromatic heterocycles. The van der Waals surface area contributed by atoms with Crippen molar-refractivity contribution in [2.24, 2.45) is 0 Å². The Morgan fingerprint density at radius 2 is 2.09 bits per heavy atom. The van der Waals surface area contributed by atoms with E-state index in [9.17, 15) is 4.79 Å². The van der Waals surface area contributed by atoms with E-state index in [4.69, 9.17) is 16.3 Å². The SMILES string of the molecule is Cc1nn(CC(=O)OC2CCc3ccccc3C2)c(C)c1Cl. The van der Waals surface area contributed by atoms with E-state index in [1.54, 1.807) is 4.68 Å². The van der Waals surface area contributed by atoms with Gasteiger partial charge in [0.25, 0.3) is 0 Å². The number of benzene rings is 1. The van der Waals surface area contributed by atoms with E-state index in [0.717, 1.165) is 30.7 Å². The Labute approximate surface area is 135 Å². The number of nitrogens with zero attached hydrogens (tertiary/aromatic N) is 2. The van der Waals surface area contributed by atoms with Gasteiger partial charge < -0.3 is 4.74 Å². The first-order chi connectivity index (χ1) is 10.5. The number of ether oxygens (including phenoxy) is 1. The van der Waals surface area contributed by atoms with Gasteiger partial charge in [-0.3, -0.25) is 9.48 Å². The van der Waals surface area contributed by atoms with Crippen LogP contribution in [0.2, 0.25) is 5.02 Å². The van der Waals surface area contributed by atoms with Crippen LogP contribution in [0.3, 0.4) is 0 Å². The summed E-state index contributed by atoms with van der Waals surface area (Å²) < 4.78 is 7.22. The summed E-state index contributed by atoms with van der Waals surface area (Å²) in [6.07, 6.45) is 2.58. The molecule has 2 aromatic rings. The molecule has 1 aliphatic rings. The van der Waals surface area contributed by atoms with Crippen molar-refractivity contribution in [3.05, 3.63) is 51.8 Å². The average Bonchev–Trinajstić information content (AvgIpc) is 2.74. The van der Waals surface area contributed by atoms with Crippen LogP contribution in [0.1, 0.15) is 28.9 Å². The normalized spacial score (nSPS) is 17.1. The highest BCUT2D eigenvalue weighted by Crippen LogP contribution is 2.23. The lowest BCUT2D eigenvalue weighted by atomic mass is 9.90. The van der Waals surface area contributed by atoms with Crippen LogP contribution >= 0.6 is 11.6 Å². The minimum absolute atomic E-state index is 0.0464. The van der Waals surface area contributed by atoms with Crippen molar-refractivity contribution in [3.8, 4) is 0 Å². The predicted molar refractivity (Wildman–Crippen MR) is 85.1 cm³/mol. The molecule has 0 aliphatic heterocycles. The second-order valence-corrected chi connectivity index (χ2v) is 6.14. The monoisotopic (exact) mass is 318 g/mol. The van der Waals surface area contributed by atoms with Crippen LogP contribution in [-0.4, -0.2) is 21.9 Å². The molecule has 0 spiro atoms. The van der Waals surface area contributed by atoms with Crippen LogP contribution in [0.25, 0.3) is 0 Å². The Hall–Kier alpha value is -1.81. The van der Waals surface area contributed by atoms with Crippen LogP contribution in [0.5, 0.6) is 0 Å². The maximum Gasteiger partial charge on any atom is 0.328 e. The fourth-order valence-electron chi connectivity index (χ4n) is 2.94. The van der Waals surface area contributed by atoms with E-state index >= 15 is 0 Å². The Balaban J connectivity index is 1.62. The number of carbonyl (C=O) groups excluding carboxylic acids is 1. The van der Waals surface area contributed by atoms with Crippen molar-refractivity contribution < 1.29 is 9.53 Å². The van der Waals surface area contributed by atoms with Crippen molar-refractivity contribution in [1.29, 1.82) is 0 Å². The molecule has 5 heteroatoms. The number of carbonyl (C=O) groups is 1. The number of fused-ring (bicyclic) bond motifs is 1. The molecule has 1 atom stereocenters. The van der Waals surface area contributed by atoms with Crippen molar-refractivity contribution in [1.82, 2.24) is 9.78 Å². The van der Waals surface area contributed by atoms with E-state index in [2.05, 4.69) is 23.3 Å². The predicted octanol–water partition coefficient (Wildman–Crippen LogP) is 3.25. The Morgan fingerprint density at radius 1 is 1.36 bits per heavy atom. The third kappa shape index (κ3) is 3.02. The third-order valence-corrected chi connectivity index (χ3v) is 4.72. The lowest BCUT2D eigenvalue weighted by molar-refractivity contribution is -0.150. The van der Waals surface area contributed by atoms with Gasteiger partial charge in [0.1, 0.15) is 12.6 Å². The van der Waals surface area contributed by atoms with Gasteiger partial charge in [-0.05, 0) is 37.8 Å². The summed E-state index contributed by atoms with van der Waals surface area (Å²) in [5, 5.41) is 4.87. The summed E-state index contributed by atoms with van der Waals surface area (Å²) in [6.45, 7) is 3.79. The Morgan fingerprint density at radius 3 is 2.77 bits per heavy atom. The van der Waals surface area contributed by atoms with Crippen LogP contribution in [0, 0.1) is 13.8 Å². The first-order valence-electron chi connectivity index (χ1n) is 7.50. The van der Waals surface area contributed by atoms with E-state index in [0.29, 0.717) is 5.02 Å². The molecule has 22 heavy (non-hydrogen) atoms. The zero-order chi connectivity index (χ0) is 15.7. The molecule has 1 aromatic carbocycles. The minimum Gasteiger partial charge on any atom is -0.461 e. The number of aryl methyl sites for hydroxylation is 2. The zero-order valence-corrected chi connectivity index (χ0v) is 13.6. The minimum atomic E-state index is -0.258. The number of hydrogen-bond donors (Lipinski definition) is 0. The molecule has 0 bridgehead atoms. The summed E-state index contributed by atoms with van der Waals surface area (Å²) in [6, 6.07) is 8.33. The highest BCUT2D eigenvalue weighted by atomic mass is 35.5. The summed E-state index contributed by atoms with van der Waals surface area (Å²) in [5.74, 6) is -0.258. The molecular formula is C17H19ClN2O2. The number of aromatic nitrogens is 2. The van der Waals surface area contributed by atoms with Gasteiger partial charge in [0.2, 0.25) is 0 Å². The molecule has 0 amide bonds. The highest BCUT2D eigenvalue weighted by molar-refractivity contribution is 6.31. The molecule has 0 fully saturated rings. The molecule has 3 rings (SSSR count). The largest absolute Gasteiger partial charge is 0.461 e. The summed E-state index contributed by atoms with van der Waals surface area (Å²) in [5.41, 5.74) is 4.17. The smallest absolute Gasteiger partial charge is 0.328 e. The molecule has 116 valence electrons. The molecule has 1 aliphatic carbocycles. The number of rotatable bonds is 3. The molecule has 1 heterocycles. The Bertz CT molecular complexity index is 709. The lowest BCUT2D eigenvalue weighted by Crippen LogP contribution is -2.27. The molecule has 0 radical (unpaired) electrons. The molecular weight excluding hydrogens is 300 g/mol. The van der Waals surface area contributed by atoms with Gasteiger partial charge in [-0.25, -0.2) is 0 Å². The van der Waals surface area contributed by atoms with Crippen LogP contribution in [0.4, 0.5) is 0 Å². The lowest BCUT2D eigenvalue weighted by Gasteiger charge is -2.24. The van der Waals surface area contributed by atoms with Crippen LogP contribution < -0.4 is 0 Å². The van der Waals surface area contributed by atoms with Crippen LogP contribution in [0.15, 0.2) is 24.3 Å². The number of halogens is 1. The molecule has 1 unspecified atom stereocenters. The molecule has 0 saturated carbocycles. The number of hydrogen-bond acceptors (Lipinski definition) is 3. The second-order valence-electron chi connectivity index (χ2n) is 5.77. The first-order valence-corrected chi connectivity index (χ1v) is 7.88. The van der Waals surface area contributed by atoms with Gasteiger partial charge in [0.15, 0.2) is 0 Å². The van der Waals surface area contributed by atoms with E-state index in [-0.39, 0.29) is 18.6 Å². The maximum absolute atomic E-state index is 12.1. The van der Waals surface area contributed by atoms with Crippen molar-refractivity contribution >= 4 is 17.6 Å². The van der Waals surface area contributed by atoms with Gasteiger partial charge in [0, 0.05) is 6.42 Å². The van der Waals surface area contributed by atoms with Gasteiger partial charge >= 0.3 is 5.97 Å². The summed E-state index contributed by atoms with van der Waals surface area (Å²) in [7, 11) is 0. The van der Waals surface area contributed by atoms with Gasteiger partial charge in [-0.15, -0.1) is 0 Å². The number of esters is 1. The first kappa shape index (κ1) is 15.1. The quantitative estimate of drug-likeness (QED) is 0.816. The molecule has 0 N–H and O–H groups in total. The van der Waals surface area contributed by atoms with E-state index < -0.39 is 0 Å². The maximum atomic E-state index is 12.1. The van der Waals surface area contributed by atoms with Gasteiger partial charge in [0.05, 0.1) is 16.4 Å². The topological polar surface area (TPSA) is 44.1 Å². The highest BCUT2D eigenvalue weighted by Gasteiger charge is 2.22. The van der Waals surface area contributed by atoms with Gasteiger partial charge in [-0.2, -0.15) is 5.10 Å². The average molecular weight is 319 g/mol. The summed E-state index contributed by atoms with van der Waals surface area (Å²) >= 11 is 6.09. The standard InChI is InChI=1S/C17H19ClN2O2/c1-11-17(18)12(2)20(19-11)10-16(21)22-15-8-7-13-5-3-4-6-14(13)9-15/h3-6,15H,7-10H2,1-2H3.